The minimum Gasteiger partial charge on any atom is -0.316 e. The second-order valence-corrected chi connectivity index (χ2v) is 2.40. The fraction of sp³-hybridized carbons (Fsp3) is 0.250. The van der Waals surface area contributed by atoms with Gasteiger partial charge in [0.15, 0.2) is 17.5 Å². The molecule has 0 fully saturated rings. The van der Waals surface area contributed by atoms with Crippen LogP contribution in [-0.4, -0.2) is 7.05 Å². The molecule has 1 aromatic rings. The molecule has 0 aliphatic carbocycles. The van der Waals surface area contributed by atoms with E-state index in [2.05, 4.69) is 5.32 Å². The zero-order valence-electron chi connectivity index (χ0n) is 6.50. The van der Waals surface area contributed by atoms with Crippen LogP contribution in [0.3, 0.4) is 0 Å². The van der Waals surface area contributed by atoms with Gasteiger partial charge in [-0.2, -0.15) is 0 Å². The van der Waals surface area contributed by atoms with E-state index < -0.39 is 17.5 Å². The van der Waals surface area contributed by atoms with E-state index in [0.29, 0.717) is 12.1 Å². The Morgan fingerprint density at radius 3 is 2.08 bits per heavy atom. The van der Waals surface area contributed by atoms with Crippen LogP contribution in [0.25, 0.3) is 0 Å². The average molecular weight is 175 g/mol. The first-order valence-corrected chi connectivity index (χ1v) is 3.43. The summed E-state index contributed by atoms with van der Waals surface area (Å²) < 4.78 is 37.4. The van der Waals surface area contributed by atoms with Gasteiger partial charge in [-0.15, -0.1) is 0 Å². The van der Waals surface area contributed by atoms with Crippen molar-refractivity contribution in [2.45, 2.75) is 6.54 Å². The molecule has 0 atom stereocenters. The Labute approximate surface area is 68.2 Å². The lowest BCUT2D eigenvalue weighted by atomic mass is 10.2. The van der Waals surface area contributed by atoms with Crippen molar-refractivity contribution in [2.24, 2.45) is 0 Å². The Morgan fingerprint density at radius 1 is 1.17 bits per heavy atom. The summed E-state index contributed by atoms with van der Waals surface area (Å²) in [5, 5.41) is 2.70. The SMILES string of the molecule is CNCc1cc(F)c(F)c(F)c1. The molecule has 0 spiro atoms. The van der Waals surface area contributed by atoms with Gasteiger partial charge in [0.1, 0.15) is 0 Å². The van der Waals surface area contributed by atoms with Crippen molar-refractivity contribution in [1.82, 2.24) is 5.32 Å². The molecule has 0 aliphatic rings. The van der Waals surface area contributed by atoms with E-state index in [-0.39, 0.29) is 0 Å². The van der Waals surface area contributed by atoms with Gasteiger partial charge in [0.25, 0.3) is 0 Å². The topological polar surface area (TPSA) is 12.0 Å². The van der Waals surface area contributed by atoms with Gasteiger partial charge >= 0.3 is 0 Å². The lowest BCUT2D eigenvalue weighted by Gasteiger charge is -2.01. The molecule has 0 bridgehead atoms. The van der Waals surface area contributed by atoms with Crippen molar-refractivity contribution in [2.75, 3.05) is 7.05 Å². The predicted molar refractivity (Wildman–Crippen MR) is 39.1 cm³/mol. The van der Waals surface area contributed by atoms with Crippen molar-refractivity contribution < 1.29 is 13.2 Å². The van der Waals surface area contributed by atoms with Gasteiger partial charge < -0.3 is 5.32 Å². The molecule has 0 aliphatic heterocycles. The normalized spacial score (nSPS) is 10.3. The van der Waals surface area contributed by atoms with Crippen LogP contribution in [-0.2, 0) is 6.54 Å². The van der Waals surface area contributed by atoms with E-state index >= 15 is 0 Å². The summed E-state index contributed by atoms with van der Waals surface area (Å²) in [4.78, 5) is 0. The summed E-state index contributed by atoms with van der Waals surface area (Å²) in [6.07, 6.45) is 0. The summed E-state index contributed by atoms with van der Waals surface area (Å²) in [6, 6.07) is 1.93. The number of rotatable bonds is 2. The fourth-order valence-electron chi connectivity index (χ4n) is 0.914. The van der Waals surface area contributed by atoms with E-state index in [0.717, 1.165) is 12.1 Å². The van der Waals surface area contributed by atoms with Gasteiger partial charge in [0, 0.05) is 6.54 Å². The van der Waals surface area contributed by atoms with Crippen molar-refractivity contribution in [3.8, 4) is 0 Å². The van der Waals surface area contributed by atoms with Crippen molar-refractivity contribution >= 4 is 0 Å². The summed E-state index contributed by atoms with van der Waals surface area (Å²) in [5.74, 6) is -3.73. The number of nitrogens with one attached hydrogen (secondary N) is 1. The van der Waals surface area contributed by atoms with Crippen LogP contribution < -0.4 is 5.32 Å². The van der Waals surface area contributed by atoms with Crippen LogP contribution in [0.4, 0.5) is 13.2 Å². The average Bonchev–Trinajstić information content (AvgIpc) is 2.01. The van der Waals surface area contributed by atoms with Crippen molar-refractivity contribution in [3.63, 3.8) is 0 Å². The molecule has 1 N–H and O–H groups in total. The van der Waals surface area contributed by atoms with Gasteiger partial charge in [0.2, 0.25) is 0 Å². The van der Waals surface area contributed by atoms with E-state index in [1.807, 2.05) is 0 Å². The number of hydrogen-bond donors (Lipinski definition) is 1. The number of benzene rings is 1. The molecule has 0 aromatic heterocycles. The van der Waals surface area contributed by atoms with E-state index in [1.54, 1.807) is 7.05 Å². The standard InChI is InChI=1S/C8H8F3N/c1-12-4-5-2-6(9)8(11)7(10)3-5/h2-3,12H,4H2,1H3. The molecule has 66 valence electrons. The lowest BCUT2D eigenvalue weighted by molar-refractivity contribution is 0.444. The van der Waals surface area contributed by atoms with Crippen LogP contribution in [0.5, 0.6) is 0 Å². The maximum Gasteiger partial charge on any atom is 0.194 e. The lowest BCUT2D eigenvalue weighted by Crippen LogP contribution is -2.06. The minimum atomic E-state index is -1.42. The highest BCUT2D eigenvalue weighted by molar-refractivity contribution is 5.19. The third-order valence-corrected chi connectivity index (χ3v) is 1.42. The molecule has 0 amide bonds. The molecule has 0 radical (unpaired) electrons. The monoisotopic (exact) mass is 175 g/mol. The Hall–Kier alpha value is -1.03. The van der Waals surface area contributed by atoms with Crippen LogP contribution in [0, 0.1) is 17.5 Å². The second-order valence-electron chi connectivity index (χ2n) is 2.40. The van der Waals surface area contributed by atoms with Crippen LogP contribution in [0.1, 0.15) is 5.56 Å². The highest BCUT2D eigenvalue weighted by Gasteiger charge is 2.09. The predicted octanol–water partition coefficient (Wildman–Crippen LogP) is 1.82. The number of hydrogen-bond acceptors (Lipinski definition) is 1. The Morgan fingerprint density at radius 2 is 1.67 bits per heavy atom. The van der Waals surface area contributed by atoms with Gasteiger partial charge in [-0.1, -0.05) is 0 Å². The Balaban J connectivity index is 3.04. The fourth-order valence-corrected chi connectivity index (χ4v) is 0.914. The molecular formula is C8H8F3N. The molecule has 12 heavy (non-hydrogen) atoms. The van der Waals surface area contributed by atoms with E-state index in [1.165, 1.54) is 0 Å². The molecule has 0 heterocycles. The first-order valence-electron chi connectivity index (χ1n) is 3.43. The molecule has 1 aromatic carbocycles. The van der Waals surface area contributed by atoms with Gasteiger partial charge in [-0.25, -0.2) is 13.2 Å². The second kappa shape index (κ2) is 3.58. The van der Waals surface area contributed by atoms with Crippen LogP contribution in [0.2, 0.25) is 0 Å². The molecule has 1 rings (SSSR count). The van der Waals surface area contributed by atoms with Gasteiger partial charge in [0.05, 0.1) is 0 Å². The van der Waals surface area contributed by atoms with Crippen LogP contribution in [0.15, 0.2) is 12.1 Å². The van der Waals surface area contributed by atoms with E-state index in [4.69, 9.17) is 0 Å². The smallest absolute Gasteiger partial charge is 0.194 e. The largest absolute Gasteiger partial charge is 0.316 e. The zero-order valence-corrected chi connectivity index (χ0v) is 6.50. The minimum absolute atomic E-state index is 0.314. The van der Waals surface area contributed by atoms with Crippen molar-refractivity contribution in [3.05, 3.63) is 35.1 Å². The molecule has 0 saturated heterocycles. The van der Waals surface area contributed by atoms with Gasteiger partial charge in [-0.05, 0) is 24.7 Å². The van der Waals surface area contributed by atoms with Gasteiger partial charge in [-0.3, -0.25) is 0 Å². The molecule has 0 unspecified atom stereocenters. The maximum absolute atomic E-state index is 12.5. The molecule has 1 nitrogen and oxygen atoms in total. The molecular weight excluding hydrogens is 167 g/mol. The Bertz CT molecular complexity index is 263. The molecule has 0 saturated carbocycles. The summed E-state index contributed by atoms with van der Waals surface area (Å²) in [6.45, 7) is 0.314. The number of halogens is 3. The van der Waals surface area contributed by atoms with E-state index in [9.17, 15) is 13.2 Å². The highest BCUT2D eigenvalue weighted by atomic mass is 19.2. The maximum atomic E-state index is 12.5. The first-order chi connectivity index (χ1) is 5.65. The third-order valence-electron chi connectivity index (χ3n) is 1.42. The quantitative estimate of drug-likeness (QED) is 0.676. The van der Waals surface area contributed by atoms with Crippen LogP contribution >= 0.6 is 0 Å². The highest BCUT2D eigenvalue weighted by Crippen LogP contribution is 2.12. The summed E-state index contributed by atoms with van der Waals surface area (Å²) >= 11 is 0. The zero-order chi connectivity index (χ0) is 9.14. The Kier molecular flexibility index (Phi) is 2.70. The third kappa shape index (κ3) is 1.76. The first kappa shape index (κ1) is 9.06. The van der Waals surface area contributed by atoms with Crippen molar-refractivity contribution in [1.29, 1.82) is 0 Å². The summed E-state index contributed by atoms with van der Waals surface area (Å²) in [5.41, 5.74) is 0.383. The summed E-state index contributed by atoms with van der Waals surface area (Å²) in [7, 11) is 1.64. The molecule has 4 heteroatoms.